The first-order chi connectivity index (χ1) is 14.8. The molecule has 3 rings (SSSR count). The highest BCUT2D eigenvalue weighted by atomic mass is 19.1. The van der Waals surface area contributed by atoms with E-state index in [0.717, 1.165) is 10.2 Å². The van der Waals surface area contributed by atoms with Crippen LogP contribution in [0.25, 0.3) is 11.3 Å². The molecule has 1 atom stereocenters. The van der Waals surface area contributed by atoms with Gasteiger partial charge in [-0.25, -0.2) is 9.07 Å². The Kier molecular flexibility index (Phi) is 6.59. The fraction of sp³-hybridized carbons (Fsp3) is 0.217. The summed E-state index contributed by atoms with van der Waals surface area (Å²) in [5.74, 6) is -0.980. The third-order valence-corrected chi connectivity index (χ3v) is 4.81. The highest BCUT2D eigenvalue weighted by molar-refractivity contribution is 5.93. The monoisotopic (exact) mass is 422 g/mol. The van der Waals surface area contributed by atoms with Gasteiger partial charge < -0.3 is 10.6 Å². The number of halogens is 1. The van der Waals surface area contributed by atoms with Gasteiger partial charge in [0.15, 0.2) is 0 Å². The summed E-state index contributed by atoms with van der Waals surface area (Å²) in [6.07, 6.45) is 0.355. The maximum Gasteiger partial charge on any atom is 0.267 e. The van der Waals surface area contributed by atoms with Gasteiger partial charge in [-0.3, -0.25) is 14.4 Å². The standard InChI is InChI=1S/C23H23FN4O3/c1-4-21(29)26-20-13-16(6-5-14(20)2)19-11-12-22(30)28(27-19)15(3)23(31)25-18-9-7-17(24)8-10-18/h5-13,15H,4H2,1-3H3,(H,25,31)(H,26,29). The van der Waals surface area contributed by atoms with Crippen LogP contribution in [-0.2, 0) is 9.59 Å². The Morgan fingerprint density at radius 1 is 1.06 bits per heavy atom. The first kappa shape index (κ1) is 21.9. The van der Waals surface area contributed by atoms with Crippen molar-refractivity contribution in [1.29, 1.82) is 0 Å². The van der Waals surface area contributed by atoms with E-state index in [0.29, 0.717) is 29.1 Å². The Morgan fingerprint density at radius 2 is 1.77 bits per heavy atom. The topological polar surface area (TPSA) is 93.1 Å². The average Bonchev–Trinajstić information content (AvgIpc) is 2.76. The van der Waals surface area contributed by atoms with Gasteiger partial charge in [0.1, 0.15) is 11.9 Å². The van der Waals surface area contributed by atoms with Crippen LogP contribution in [0, 0.1) is 12.7 Å². The van der Waals surface area contributed by atoms with Gasteiger partial charge in [-0.05, 0) is 55.8 Å². The van der Waals surface area contributed by atoms with Crippen molar-refractivity contribution in [3.05, 3.63) is 76.3 Å². The minimum Gasteiger partial charge on any atom is -0.326 e. The number of aryl methyl sites for hydroxylation is 1. The molecule has 0 aliphatic carbocycles. The Hall–Kier alpha value is -3.81. The molecule has 1 heterocycles. The molecule has 3 aromatic rings. The van der Waals surface area contributed by atoms with Crippen molar-refractivity contribution in [1.82, 2.24) is 9.78 Å². The van der Waals surface area contributed by atoms with Crippen LogP contribution in [0.1, 0.15) is 31.9 Å². The van der Waals surface area contributed by atoms with Crippen LogP contribution in [0.4, 0.5) is 15.8 Å². The Balaban J connectivity index is 1.88. The number of aromatic nitrogens is 2. The zero-order valence-corrected chi connectivity index (χ0v) is 17.5. The number of rotatable bonds is 6. The van der Waals surface area contributed by atoms with Crippen molar-refractivity contribution < 1.29 is 14.0 Å². The van der Waals surface area contributed by atoms with Crippen LogP contribution in [-0.4, -0.2) is 21.6 Å². The molecule has 8 heteroatoms. The third-order valence-electron chi connectivity index (χ3n) is 4.81. The molecule has 1 unspecified atom stereocenters. The largest absolute Gasteiger partial charge is 0.326 e. The Morgan fingerprint density at radius 3 is 2.45 bits per heavy atom. The van der Waals surface area contributed by atoms with Gasteiger partial charge in [0.25, 0.3) is 5.56 Å². The van der Waals surface area contributed by atoms with E-state index < -0.39 is 23.3 Å². The van der Waals surface area contributed by atoms with E-state index in [9.17, 15) is 18.8 Å². The number of nitrogens with one attached hydrogen (secondary N) is 2. The van der Waals surface area contributed by atoms with Crippen LogP contribution < -0.4 is 16.2 Å². The molecule has 160 valence electrons. The number of hydrogen-bond acceptors (Lipinski definition) is 4. The van der Waals surface area contributed by atoms with E-state index in [1.165, 1.54) is 30.3 Å². The van der Waals surface area contributed by atoms with Gasteiger partial charge in [0, 0.05) is 29.4 Å². The van der Waals surface area contributed by atoms with Crippen molar-refractivity contribution in [3.8, 4) is 11.3 Å². The molecule has 1 aromatic heterocycles. The fourth-order valence-corrected chi connectivity index (χ4v) is 2.90. The number of amides is 2. The second-order valence-corrected chi connectivity index (χ2v) is 7.10. The number of carbonyl (C=O) groups is 2. The Labute approximate surface area is 178 Å². The first-order valence-corrected chi connectivity index (χ1v) is 9.85. The summed E-state index contributed by atoms with van der Waals surface area (Å²) in [6, 6.07) is 12.8. The summed E-state index contributed by atoms with van der Waals surface area (Å²) < 4.78 is 14.2. The maximum atomic E-state index is 13.1. The molecule has 2 aromatic carbocycles. The molecule has 0 fully saturated rings. The number of hydrogen-bond donors (Lipinski definition) is 2. The van der Waals surface area contributed by atoms with Crippen molar-refractivity contribution in [2.75, 3.05) is 10.6 Å². The minimum atomic E-state index is -0.901. The van der Waals surface area contributed by atoms with Crippen LogP contribution in [0.2, 0.25) is 0 Å². The summed E-state index contributed by atoms with van der Waals surface area (Å²) >= 11 is 0. The second kappa shape index (κ2) is 9.34. The lowest BCUT2D eigenvalue weighted by molar-refractivity contribution is -0.119. The molecular formula is C23H23FN4O3. The molecule has 0 aliphatic rings. The van der Waals surface area contributed by atoms with Gasteiger partial charge in [-0.2, -0.15) is 5.10 Å². The zero-order valence-electron chi connectivity index (χ0n) is 17.5. The lowest BCUT2D eigenvalue weighted by Crippen LogP contribution is -2.33. The summed E-state index contributed by atoms with van der Waals surface area (Å²) in [4.78, 5) is 36.7. The summed E-state index contributed by atoms with van der Waals surface area (Å²) in [6.45, 7) is 5.20. The molecule has 31 heavy (non-hydrogen) atoms. The molecule has 0 saturated carbocycles. The lowest BCUT2D eigenvalue weighted by Gasteiger charge is -2.15. The maximum absolute atomic E-state index is 13.1. The van der Waals surface area contributed by atoms with E-state index in [1.54, 1.807) is 26.0 Å². The predicted octanol–water partition coefficient (Wildman–Crippen LogP) is 3.91. The molecule has 7 nitrogen and oxygen atoms in total. The highest BCUT2D eigenvalue weighted by Crippen LogP contribution is 2.24. The van der Waals surface area contributed by atoms with Crippen LogP contribution in [0.5, 0.6) is 0 Å². The SMILES string of the molecule is CCC(=O)Nc1cc(-c2ccc(=O)n(C(C)C(=O)Nc3ccc(F)cc3)n2)ccc1C. The second-order valence-electron chi connectivity index (χ2n) is 7.10. The van der Waals surface area contributed by atoms with Gasteiger partial charge >= 0.3 is 0 Å². The molecule has 0 spiro atoms. The summed E-state index contributed by atoms with van der Waals surface area (Å²) in [5.41, 5.74) is 2.70. The Bertz CT molecular complexity index is 1170. The van der Waals surface area contributed by atoms with Gasteiger partial charge in [-0.15, -0.1) is 0 Å². The van der Waals surface area contributed by atoms with Gasteiger partial charge in [0.05, 0.1) is 5.69 Å². The van der Waals surface area contributed by atoms with E-state index in [4.69, 9.17) is 0 Å². The van der Waals surface area contributed by atoms with Crippen molar-refractivity contribution in [3.63, 3.8) is 0 Å². The van der Waals surface area contributed by atoms with Crippen molar-refractivity contribution >= 4 is 23.2 Å². The minimum absolute atomic E-state index is 0.107. The summed E-state index contributed by atoms with van der Waals surface area (Å²) in [5, 5.41) is 9.85. The van der Waals surface area contributed by atoms with E-state index >= 15 is 0 Å². The predicted molar refractivity (Wildman–Crippen MR) is 117 cm³/mol. The molecule has 0 aliphatic heterocycles. The van der Waals surface area contributed by atoms with Crippen LogP contribution >= 0.6 is 0 Å². The lowest BCUT2D eigenvalue weighted by atomic mass is 10.1. The fourth-order valence-electron chi connectivity index (χ4n) is 2.90. The molecule has 2 amide bonds. The molecule has 0 radical (unpaired) electrons. The number of benzene rings is 2. The molecule has 2 N–H and O–H groups in total. The van der Waals surface area contributed by atoms with Gasteiger partial charge in [0.2, 0.25) is 11.8 Å². The number of carbonyl (C=O) groups excluding carboxylic acids is 2. The summed E-state index contributed by atoms with van der Waals surface area (Å²) in [7, 11) is 0. The van der Waals surface area contributed by atoms with E-state index in [2.05, 4.69) is 15.7 Å². The van der Waals surface area contributed by atoms with E-state index in [1.807, 2.05) is 19.1 Å². The highest BCUT2D eigenvalue weighted by Gasteiger charge is 2.18. The van der Waals surface area contributed by atoms with Crippen LogP contribution in [0.3, 0.4) is 0 Å². The number of anilines is 2. The van der Waals surface area contributed by atoms with Crippen LogP contribution in [0.15, 0.2) is 59.4 Å². The zero-order chi connectivity index (χ0) is 22.5. The van der Waals surface area contributed by atoms with E-state index in [-0.39, 0.29) is 5.91 Å². The normalized spacial score (nSPS) is 11.6. The smallest absolute Gasteiger partial charge is 0.267 e. The van der Waals surface area contributed by atoms with Gasteiger partial charge in [-0.1, -0.05) is 19.1 Å². The molecular weight excluding hydrogens is 399 g/mol. The quantitative estimate of drug-likeness (QED) is 0.630. The average molecular weight is 422 g/mol. The molecule has 0 saturated heterocycles. The molecule has 0 bridgehead atoms. The first-order valence-electron chi connectivity index (χ1n) is 9.85. The number of nitrogens with zero attached hydrogens (tertiary/aromatic N) is 2. The third kappa shape index (κ3) is 5.22. The van der Waals surface area contributed by atoms with Crippen molar-refractivity contribution in [2.24, 2.45) is 0 Å². The van der Waals surface area contributed by atoms with Crippen molar-refractivity contribution in [2.45, 2.75) is 33.2 Å².